The van der Waals surface area contributed by atoms with Gasteiger partial charge in [0.2, 0.25) is 0 Å². The summed E-state index contributed by atoms with van der Waals surface area (Å²) in [5, 5.41) is 2.50. The highest BCUT2D eigenvalue weighted by atomic mass is 16.6. The number of amides is 1. The fraction of sp³-hybridized carbons (Fsp3) is 0.692. The molecule has 0 rings (SSSR count). The van der Waals surface area contributed by atoms with Crippen LogP contribution in [0.5, 0.6) is 0 Å². The lowest BCUT2D eigenvalue weighted by molar-refractivity contribution is -0.138. The van der Waals surface area contributed by atoms with Gasteiger partial charge >= 0.3 is 12.1 Å². The maximum absolute atomic E-state index is 11.3. The van der Waals surface area contributed by atoms with E-state index >= 15 is 0 Å². The average molecular weight is 272 g/mol. The highest BCUT2D eigenvalue weighted by molar-refractivity contribution is 5.86. The number of rotatable bonds is 9. The largest absolute Gasteiger partial charge is 0.460 e. The highest BCUT2D eigenvalue weighted by Gasteiger charge is 2.05. The van der Waals surface area contributed by atoms with Gasteiger partial charge in [-0.2, -0.15) is 0 Å². The van der Waals surface area contributed by atoms with Crippen LogP contribution in [0.1, 0.15) is 20.8 Å². The molecule has 0 saturated heterocycles. The predicted molar refractivity (Wildman–Crippen MR) is 72.9 cm³/mol. The molecular formula is C13H24N2O4. The Morgan fingerprint density at radius 1 is 1.16 bits per heavy atom. The van der Waals surface area contributed by atoms with Crippen LogP contribution in [-0.4, -0.2) is 56.4 Å². The summed E-state index contributed by atoms with van der Waals surface area (Å²) in [4.78, 5) is 24.5. The Morgan fingerprint density at radius 2 is 1.79 bits per heavy atom. The van der Waals surface area contributed by atoms with Crippen molar-refractivity contribution >= 4 is 12.1 Å². The van der Waals surface area contributed by atoms with Gasteiger partial charge in [-0.25, -0.2) is 9.59 Å². The van der Waals surface area contributed by atoms with Crippen molar-refractivity contribution in [3.05, 3.63) is 12.2 Å². The number of ether oxygens (including phenoxy) is 2. The van der Waals surface area contributed by atoms with Gasteiger partial charge < -0.3 is 19.7 Å². The van der Waals surface area contributed by atoms with E-state index in [0.717, 1.165) is 13.1 Å². The molecule has 0 aromatic carbocycles. The van der Waals surface area contributed by atoms with Crippen LogP contribution in [0.15, 0.2) is 12.2 Å². The quantitative estimate of drug-likeness (QED) is 0.388. The zero-order chi connectivity index (χ0) is 14.7. The molecule has 0 heterocycles. The summed E-state index contributed by atoms with van der Waals surface area (Å²) in [5.74, 6) is -0.461. The van der Waals surface area contributed by atoms with Crippen molar-refractivity contribution < 1.29 is 19.1 Å². The number of nitrogens with one attached hydrogen (secondary N) is 1. The molecule has 0 fully saturated rings. The number of esters is 1. The van der Waals surface area contributed by atoms with Gasteiger partial charge in [0.25, 0.3) is 0 Å². The summed E-state index contributed by atoms with van der Waals surface area (Å²) in [6.45, 7) is 12.4. The Morgan fingerprint density at radius 3 is 2.32 bits per heavy atom. The zero-order valence-electron chi connectivity index (χ0n) is 12.0. The summed E-state index contributed by atoms with van der Waals surface area (Å²) in [5.41, 5.74) is 0.335. The second-order valence-electron chi connectivity index (χ2n) is 4.01. The van der Waals surface area contributed by atoms with Gasteiger partial charge in [0.05, 0.1) is 6.54 Å². The summed E-state index contributed by atoms with van der Waals surface area (Å²) in [7, 11) is 0. The topological polar surface area (TPSA) is 67.9 Å². The van der Waals surface area contributed by atoms with Crippen LogP contribution >= 0.6 is 0 Å². The van der Waals surface area contributed by atoms with Crippen molar-refractivity contribution in [1.29, 1.82) is 0 Å². The zero-order valence-corrected chi connectivity index (χ0v) is 12.0. The van der Waals surface area contributed by atoms with E-state index in [0.29, 0.717) is 18.7 Å². The van der Waals surface area contributed by atoms with E-state index < -0.39 is 12.1 Å². The average Bonchev–Trinajstić information content (AvgIpc) is 2.39. The van der Waals surface area contributed by atoms with E-state index in [-0.39, 0.29) is 13.2 Å². The summed E-state index contributed by atoms with van der Waals surface area (Å²) in [6.07, 6.45) is -0.501. The Balaban J connectivity index is 3.55. The highest BCUT2D eigenvalue weighted by Crippen LogP contribution is 1.91. The fourth-order valence-corrected chi connectivity index (χ4v) is 1.28. The maximum Gasteiger partial charge on any atom is 0.407 e. The van der Waals surface area contributed by atoms with Gasteiger partial charge in [0.15, 0.2) is 0 Å². The molecule has 19 heavy (non-hydrogen) atoms. The monoisotopic (exact) mass is 272 g/mol. The van der Waals surface area contributed by atoms with Crippen molar-refractivity contribution in [3.63, 3.8) is 0 Å². The summed E-state index contributed by atoms with van der Waals surface area (Å²) in [6, 6.07) is 0. The molecule has 0 aliphatic carbocycles. The molecule has 0 atom stereocenters. The van der Waals surface area contributed by atoms with Crippen molar-refractivity contribution in [2.75, 3.05) is 39.4 Å². The van der Waals surface area contributed by atoms with Crippen LogP contribution in [0.4, 0.5) is 4.79 Å². The molecule has 0 saturated carbocycles. The number of carbonyl (C=O) groups is 2. The molecule has 6 heteroatoms. The van der Waals surface area contributed by atoms with Crippen molar-refractivity contribution in [1.82, 2.24) is 10.2 Å². The number of hydrogen-bond acceptors (Lipinski definition) is 5. The second-order valence-corrected chi connectivity index (χ2v) is 4.01. The number of likely N-dealkylation sites (N-methyl/N-ethyl adjacent to an activating group) is 1. The van der Waals surface area contributed by atoms with Crippen LogP contribution in [0, 0.1) is 0 Å². The van der Waals surface area contributed by atoms with Crippen LogP contribution in [0.3, 0.4) is 0 Å². The maximum atomic E-state index is 11.3. The molecule has 0 aliphatic rings. The minimum absolute atomic E-state index is 0.108. The third-order valence-corrected chi connectivity index (χ3v) is 2.49. The van der Waals surface area contributed by atoms with E-state index in [1.165, 1.54) is 0 Å². The number of nitrogens with zero attached hydrogens (tertiary/aromatic N) is 1. The Kier molecular flexibility index (Phi) is 9.52. The van der Waals surface area contributed by atoms with Gasteiger partial charge in [0.1, 0.15) is 13.2 Å². The Labute approximate surface area is 114 Å². The SMILES string of the molecule is C=C(C)C(=O)OCCNC(=O)OCCN(CC)CC. The lowest BCUT2D eigenvalue weighted by Gasteiger charge is -2.17. The molecular weight excluding hydrogens is 248 g/mol. The molecule has 110 valence electrons. The van der Waals surface area contributed by atoms with E-state index in [4.69, 9.17) is 9.47 Å². The first-order valence-electron chi connectivity index (χ1n) is 6.46. The lowest BCUT2D eigenvalue weighted by atomic mass is 10.4. The number of hydrogen-bond donors (Lipinski definition) is 1. The van der Waals surface area contributed by atoms with Gasteiger partial charge in [-0.1, -0.05) is 20.4 Å². The lowest BCUT2D eigenvalue weighted by Crippen LogP contribution is -2.32. The smallest absolute Gasteiger partial charge is 0.407 e. The molecule has 1 amide bonds. The van der Waals surface area contributed by atoms with Crippen LogP contribution in [0.2, 0.25) is 0 Å². The minimum atomic E-state index is -0.501. The summed E-state index contributed by atoms with van der Waals surface area (Å²) >= 11 is 0. The predicted octanol–water partition coefficient (Wildman–Crippen LogP) is 1.17. The van der Waals surface area contributed by atoms with Gasteiger partial charge in [0, 0.05) is 12.1 Å². The van der Waals surface area contributed by atoms with Gasteiger partial charge in [-0.15, -0.1) is 0 Å². The molecule has 0 bridgehead atoms. The summed E-state index contributed by atoms with van der Waals surface area (Å²) < 4.78 is 9.80. The third-order valence-electron chi connectivity index (χ3n) is 2.49. The van der Waals surface area contributed by atoms with Crippen molar-refractivity contribution in [2.24, 2.45) is 0 Å². The molecule has 0 radical (unpaired) electrons. The van der Waals surface area contributed by atoms with Crippen molar-refractivity contribution in [3.8, 4) is 0 Å². The first-order valence-corrected chi connectivity index (χ1v) is 6.46. The van der Waals surface area contributed by atoms with E-state index in [2.05, 4.69) is 30.6 Å². The Bertz CT molecular complexity index is 301. The first-order chi connectivity index (χ1) is 9.01. The molecule has 1 N–H and O–H groups in total. The molecule has 6 nitrogen and oxygen atoms in total. The van der Waals surface area contributed by atoms with Crippen LogP contribution in [-0.2, 0) is 14.3 Å². The normalized spacial score (nSPS) is 10.1. The minimum Gasteiger partial charge on any atom is -0.460 e. The Hall–Kier alpha value is -1.56. The fourth-order valence-electron chi connectivity index (χ4n) is 1.28. The standard InChI is InChI=1S/C13H24N2O4/c1-5-15(6-2)8-10-19-13(17)14-7-9-18-12(16)11(3)4/h3,5-10H2,1-2,4H3,(H,14,17). The second kappa shape index (κ2) is 10.4. The van der Waals surface area contributed by atoms with Crippen LogP contribution < -0.4 is 5.32 Å². The van der Waals surface area contributed by atoms with Gasteiger partial charge in [-0.05, 0) is 20.0 Å². The number of alkyl carbamates (subject to hydrolysis) is 1. The molecule has 0 aliphatic heterocycles. The first kappa shape index (κ1) is 17.4. The van der Waals surface area contributed by atoms with Gasteiger partial charge in [-0.3, -0.25) is 0 Å². The van der Waals surface area contributed by atoms with E-state index in [9.17, 15) is 9.59 Å². The third kappa shape index (κ3) is 9.07. The number of carbonyl (C=O) groups excluding carboxylic acids is 2. The van der Waals surface area contributed by atoms with Crippen LogP contribution in [0.25, 0.3) is 0 Å². The molecule has 0 aromatic rings. The van der Waals surface area contributed by atoms with E-state index in [1.807, 2.05) is 0 Å². The molecule has 0 spiro atoms. The molecule has 0 aromatic heterocycles. The molecule has 0 unspecified atom stereocenters. The van der Waals surface area contributed by atoms with Crippen molar-refractivity contribution in [2.45, 2.75) is 20.8 Å². The van der Waals surface area contributed by atoms with E-state index in [1.54, 1.807) is 6.92 Å².